The summed E-state index contributed by atoms with van der Waals surface area (Å²) in [4.78, 5) is 17.1. The van der Waals surface area contributed by atoms with E-state index in [-0.39, 0.29) is 0 Å². The highest BCUT2D eigenvalue weighted by Crippen LogP contribution is 2.35. The van der Waals surface area contributed by atoms with E-state index in [1.807, 2.05) is 65.5 Å². The summed E-state index contributed by atoms with van der Waals surface area (Å²) in [6.45, 7) is 0.416. The van der Waals surface area contributed by atoms with E-state index < -0.39 is 0 Å². The van der Waals surface area contributed by atoms with Crippen molar-refractivity contribution in [3.63, 3.8) is 0 Å². The number of fused-ring (bicyclic) bond motifs is 3. The van der Waals surface area contributed by atoms with Crippen LogP contribution < -0.4 is 5.73 Å². The van der Waals surface area contributed by atoms with Crippen LogP contribution in [0.2, 0.25) is 0 Å². The number of nitrogens with one attached hydrogen (secondary N) is 1. The number of nitrogens with zero attached hydrogens (tertiary/aromatic N) is 6. The third-order valence-electron chi connectivity index (χ3n) is 6.34. The third-order valence-corrected chi connectivity index (χ3v) is 6.34. The Morgan fingerprint density at radius 2 is 1.66 bits per heavy atom. The highest BCUT2D eigenvalue weighted by molar-refractivity contribution is 6.05. The summed E-state index contributed by atoms with van der Waals surface area (Å²) in [7, 11) is 0. The van der Waals surface area contributed by atoms with E-state index in [1.165, 1.54) is 6.33 Å². The maximum Gasteiger partial charge on any atom is 0.164 e. The predicted molar refractivity (Wildman–Crippen MR) is 137 cm³/mol. The van der Waals surface area contributed by atoms with Gasteiger partial charge in [-0.15, -0.1) is 0 Å². The van der Waals surface area contributed by atoms with Gasteiger partial charge in [0, 0.05) is 28.4 Å². The molecule has 8 nitrogen and oxygen atoms in total. The highest BCUT2D eigenvalue weighted by Gasteiger charge is 2.21. The van der Waals surface area contributed by atoms with Gasteiger partial charge in [0.1, 0.15) is 30.2 Å². The van der Waals surface area contributed by atoms with E-state index in [9.17, 15) is 0 Å². The number of aromatic amines is 1. The maximum absolute atomic E-state index is 6.36. The van der Waals surface area contributed by atoms with Gasteiger partial charge >= 0.3 is 0 Å². The summed E-state index contributed by atoms with van der Waals surface area (Å²) < 4.78 is 4.03. The molecule has 35 heavy (non-hydrogen) atoms. The summed E-state index contributed by atoms with van der Waals surface area (Å²) in [5.74, 6) is 1.25. The van der Waals surface area contributed by atoms with Crippen LogP contribution in [-0.2, 0) is 6.54 Å². The van der Waals surface area contributed by atoms with Crippen molar-refractivity contribution in [2.24, 2.45) is 0 Å². The van der Waals surface area contributed by atoms with Crippen LogP contribution in [0, 0.1) is 0 Å². The van der Waals surface area contributed by atoms with Crippen molar-refractivity contribution in [2.45, 2.75) is 6.54 Å². The molecule has 0 saturated heterocycles. The van der Waals surface area contributed by atoms with Gasteiger partial charge in [0.25, 0.3) is 0 Å². The fourth-order valence-corrected chi connectivity index (χ4v) is 4.78. The van der Waals surface area contributed by atoms with Gasteiger partial charge in [-0.1, -0.05) is 48.5 Å². The first-order valence-electron chi connectivity index (χ1n) is 11.3. The number of rotatable bonds is 4. The molecule has 8 heteroatoms. The molecule has 3 N–H and O–H groups in total. The van der Waals surface area contributed by atoms with Crippen LogP contribution in [0.4, 0.5) is 5.82 Å². The number of para-hydroxylation sites is 4. The van der Waals surface area contributed by atoms with E-state index in [4.69, 9.17) is 15.8 Å². The zero-order valence-electron chi connectivity index (χ0n) is 18.6. The van der Waals surface area contributed by atoms with Gasteiger partial charge in [-0.3, -0.25) is 4.57 Å². The lowest BCUT2D eigenvalue weighted by Gasteiger charge is -2.10. The number of aromatic nitrogens is 7. The molecule has 7 aromatic rings. The Balaban J connectivity index is 1.45. The van der Waals surface area contributed by atoms with E-state index in [0.29, 0.717) is 18.0 Å². The van der Waals surface area contributed by atoms with Crippen molar-refractivity contribution in [1.82, 2.24) is 34.3 Å². The first-order valence-corrected chi connectivity index (χ1v) is 11.3. The van der Waals surface area contributed by atoms with Gasteiger partial charge in [0.2, 0.25) is 0 Å². The molecule has 0 radical (unpaired) electrons. The Kier molecular flexibility index (Phi) is 4.19. The molecule has 0 bridgehead atoms. The Morgan fingerprint density at radius 1 is 0.857 bits per heavy atom. The normalized spacial score (nSPS) is 11.7. The number of benzene rings is 3. The number of hydrogen-bond acceptors (Lipinski definition) is 5. The quantitative estimate of drug-likeness (QED) is 0.390. The van der Waals surface area contributed by atoms with Crippen molar-refractivity contribution in [3.05, 3.63) is 97.2 Å². The van der Waals surface area contributed by atoms with Gasteiger partial charge < -0.3 is 10.7 Å². The van der Waals surface area contributed by atoms with E-state index in [1.54, 1.807) is 0 Å². The van der Waals surface area contributed by atoms with Crippen LogP contribution in [0.5, 0.6) is 0 Å². The maximum atomic E-state index is 6.36. The number of anilines is 1. The van der Waals surface area contributed by atoms with Crippen molar-refractivity contribution >= 4 is 38.8 Å². The smallest absolute Gasteiger partial charge is 0.164 e. The third kappa shape index (κ3) is 3.00. The fraction of sp³-hybridized carbons (Fsp3) is 0.0370. The minimum atomic E-state index is 0.401. The molecule has 168 valence electrons. The second kappa shape index (κ2) is 7.53. The molecule has 0 atom stereocenters. The first-order chi connectivity index (χ1) is 17.3. The van der Waals surface area contributed by atoms with E-state index >= 15 is 0 Å². The monoisotopic (exact) mass is 456 g/mol. The van der Waals surface area contributed by atoms with Crippen LogP contribution in [0.25, 0.3) is 49.9 Å². The SMILES string of the molecule is Nc1ncnc2c1c(-c1c[nH]c3ccccc13)nn2Cc1nc2ccccc2n1-c1ccccc1. The highest BCUT2D eigenvalue weighted by atomic mass is 15.3. The molecule has 4 heterocycles. The number of nitrogen functional groups attached to an aromatic ring is 1. The molecular formula is C27H20N8. The molecule has 7 rings (SSSR count). The molecule has 4 aromatic heterocycles. The topological polar surface area (TPSA) is 103 Å². The van der Waals surface area contributed by atoms with E-state index in [2.05, 4.69) is 43.8 Å². The summed E-state index contributed by atoms with van der Waals surface area (Å²) in [5.41, 5.74) is 12.8. The molecule has 0 aliphatic heterocycles. The van der Waals surface area contributed by atoms with Gasteiger partial charge in [0.05, 0.1) is 16.4 Å². The Hall–Kier alpha value is -4.98. The average Bonchev–Trinajstić information content (AvgIpc) is 3.58. The predicted octanol–water partition coefficient (Wildman–Crippen LogP) is 4.94. The van der Waals surface area contributed by atoms with Gasteiger partial charge in [-0.25, -0.2) is 19.6 Å². The Bertz CT molecular complexity index is 1840. The zero-order chi connectivity index (χ0) is 23.4. The van der Waals surface area contributed by atoms with E-state index in [0.717, 1.165) is 50.1 Å². The molecule has 0 unspecified atom stereocenters. The van der Waals surface area contributed by atoms with Crippen molar-refractivity contribution in [2.75, 3.05) is 5.73 Å². The molecule has 0 amide bonds. The van der Waals surface area contributed by atoms with Crippen LogP contribution in [0.15, 0.2) is 91.4 Å². The first kappa shape index (κ1) is 19.5. The molecule has 0 aliphatic rings. The second-order valence-electron chi connectivity index (χ2n) is 8.40. The largest absolute Gasteiger partial charge is 0.383 e. The minimum Gasteiger partial charge on any atom is -0.383 e. The van der Waals surface area contributed by atoms with Crippen LogP contribution in [0.1, 0.15) is 5.82 Å². The number of imidazole rings is 1. The molecule has 0 spiro atoms. The average molecular weight is 457 g/mol. The van der Waals surface area contributed by atoms with Crippen molar-refractivity contribution in [1.29, 1.82) is 0 Å². The summed E-state index contributed by atoms with van der Waals surface area (Å²) >= 11 is 0. The van der Waals surface area contributed by atoms with Crippen LogP contribution in [-0.4, -0.2) is 34.3 Å². The number of hydrogen-bond donors (Lipinski definition) is 2. The molecule has 0 saturated carbocycles. The van der Waals surface area contributed by atoms with Crippen LogP contribution >= 0.6 is 0 Å². The lowest BCUT2D eigenvalue weighted by Crippen LogP contribution is -2.09. The van der Waals surface area contributed by atoms with Gasteiger partial charge in [-0.05, 0) is 30.3 Å². The fourth-order valence-electron chi connectivity index (χ4n) is 4.78. The lowest BCUT2D eigenvalue weighted by atomic mass is 10.1. The zero-order valence-corrected chi connectivity index (χ0v) is 18.6. The van der Waals surface area contributed by atoms with Crippen molar-refractivity contribution in [3.8, 4) is 16.9 Å². The van der Waals surface area contributed by atoms with Crippen LogP contribution in [0.3, 0.4) is 0 Å². The molecule has 0 aliphatic carbocycles. The Morgan fingerprint density at radius 3 is 2.57 bits per heavy atom. The van der Waals surface area contributed by atoms with Gasteiger partial charge in [-0.2, -0.15) is 5.10 Å². The summed E-state index contributed by atoms with van der Waals surface area (Å²) in [6, 6.07) is 26.5. The van der Waals surface area contributed by atoms with Gasteiger partial charge in [0.15, 0.2) is 5.65 Å². The number of H-pyrrole nitrogens is 1. The second-order valence-corrected chi connectivity index (χ2v) is 8.40. The number of nitrogens with two attached hydrogens (primary N) is 1. The molecule has 0 fully saturated rings. The lowest BCUT2D eigenvalue weighted by molar-refractivity contribution is 0.666. The molecular weight excluding hydrogens is 436 g/mol. The van der Waals surface area contributed by atoms with Crippen molar-refractivity contribution < 1.29 is 0 Å². The summed E-state index contributed by atoms with van der Waals surface area (Å²) in [6.07, 6.45) is 3.44. The summed E-state index contributed by atoms with van der Waals surface area (Å²) in [5, 5.41) is 6.81. The molecule has 3 aromatic carbocycles. The standard InChI is InChI=1S/C27H20N8/c28-26-24-25(19-14-29-20-11-5-4-10-18(19)20)33-34(27(24)31-16-30-26)15-23-32-21-12-6-7-13-22(21)35(23)17-8-2-1-3-9-17/h1-14,16,29H,15H2,(H2,28,30,31). The Labute approximate surface area is 199 Å². The minimum absolute atomic E-state index is 0.401.